The van der Waals surface area contributed by atoms with Crippen molar-refractivity contribution in [1.29, 1.82) is 0 Å². The molecule has 2 rings (SSSR count). The van der Waals surface area contributed by atoms with E-state index in [9.17, 15) is 4.79 Å². The Kier molecular flexibility index (Phi) is 2.92. The van der Waals surface area contributed by atoms with Crippen LogP contribution in [0.2, 0.25) is 0 Å². The monoisotopic (exact) mass is 230 g/mol. The van der Waals surface area contributed by atoms with Crippen molar-refractivity contribution in [3.05, 3.63) is 39.9 Å². The third-order valence-electron chi connectivity index (χ3n) is 3.45. The molecule has 0 saturated carbocycles. The number of rotatable bonds is 2. The lowest BCUT2D eigenvalue weighted by molar-refractivity contribution is -0.116. The van der Waals surface area contributed by atoms with Gasteiger partial charge in [-0.05, 0) is 50.0 Å². The maximum absolute atomic E-state index is 11.6. The highest BCUT2D eigenvalue weighted by Crippen LogP contribution is 2.26. The van der Waals surface area contributed by atoms with E-state index in [1.807, 2.05) is 19.2 Å². The minimum Gasteiger partial charge on any atom is -0.361 e. The lowest BCUT2D eigenvalue weighted by Crippen LogP contribution is -2.15. The SMILES string of the molecule is CCC1=C(C)C(=O)N/C1=C\c1[nH]cc(C)c1C. The number of allylic oxidation sites excluding steroid dienone is 1. The smallest absolute Gasteiger partial charge is 0.251 e. The molecule has 3 heteroatoms. The molecular formula is C14H18N2O. The summed E-state index contributed by atoms with van der Waals surface area (Å²) in [6.07, 6.45) is 4.88. The van der Waals surface area contributed by atoms with Crippen LogP contribution in [0, 0.1) is 13.8 Å². The minimum atomic E-state index is 0.0223. The molecule has 1 aliphatic rings. The van der Waals surface area contributed by atoms with Gasteiger partial charge in [-0.25, -0.2) is 0 Å². The average Bonchev–Trinajstić information content (AvgIpc) is 2.74. The summed E-state index contributed by atoms with van der Waals surface area (Å²) in [5, 5.41) is 2.92. The second kappa shape index (κ2) is 4.24. The molecule has 0 atom stereocenters. The van der Waals surface area contributed by atoms with Crippen molar-refractivity contribution in [1.82, 2.24) is 10.3 Å². The van der Waals surface area contributed by atoms with Gasteiger partial charge in [0, 0.05) is 23.2 Å². The second-order valence-electron chi connectivity index (χ2n) is 4.48. The fourth-order valence-electron chi connectivity index (χ4n) is 2.12. The predicted molar refractivity (Wildman–Crippen MR) is 69.4 cm³/mol. The molecule has 0 fully saturated rings. The Bertz CT molecular complexity index is 532. The number of nitrogens with one attached hydrogen (secondary N) is 2. The number of aromatic nitrogens is 1. The Morgan fingerprint density at radius 2 is 2.00 bits per heavy atom. The predicted octanol–water partition coefficient (Wildman–Crippen LogP) is 2.83. The van der Waals surface area contributed by atoms with Gasteiger partial charge in [0.2, 0.25) is 0 Å². The number of aryl methyl sites for hydroxylation is 1. The summed E-state index contributed by atoms with van der Waals surface area (Å²) in [6, 6.07) is 0. The minimum absolute atomic E-state index is 0.0223. The summed E-state index contributed by atoms with van der Waals surface area (Å²) in [4.78, 5) is 14.8. The molecule has 0 unspecified atom stereocenters. The molecule has 1 aromatic heterocycles. The molecule has 0 radical (unpaired) electrons. The Labute approximate surface area is 102 Å². The number of H-pyrrole nitrogens is 1. The van der Waals surface area contributed by atoms with E-state index in [4.69, 9.17) is 0 Å². The number of hydrogen-bond donors (Lipinski definition) is 2. The zero-order chi connectivity index (χ0) is 12.6. The first-order chi connectivity index (χ1) is 8.04. The first kappa shape index (κ1) is 11.7. The summed E-state index contributed by atoms with van der Waals surface area (Å²) in [6.45, 7) is 8.10. The highest BCUT2D eigenvalue weighted by Gasteiger charge is 2.22. The number of carbonyl (C=O) groups excluding carboxylic acids is 1. The molecule has 0 aliphatic carbocycles. The van der Waals surface area contributed by atoms with Crippen LogP contribution in [0.4, 0.5) is 0 Å². The van der Waals surface area contributed by atoms with E-state index >= 15 is 0 Å². The van der Waals surface area contributed by atoms with Gasteiger partial charge in [-0.15, -0.1) is 0 Å². The normalized spacial score (nSPS) is 18.1. The molecule has 3 nitrogen and oxygen atoms in total. The van der Waals surface area contributed by atoms with Gasteiger partial charge in [-0.3, -0.25) is 4.79 Å². The largest absolute Gasteiger partial charge is 0.361 e. The van der Waals surface area contributed by atoms with Gasteiger partial charge in [0.15, 0.2) is 0 Å². The summed E-state index contributed by atoms with van der Waals surface area (Å²) >= 11 is 0. The third-order valence-corrected chi connectivity index (χ3v) is 3.45. The third kappa shape index (κ3) is 1.93. The molecule has 17 heavy (non-hydrogen) atoms. The van der Waals surface area contributed by atoms with Crippen molar-refractivity contribution in [2.24, 2.45) is 0 Å². The molecule has 0 aromatic carbocycles. The van der Waals surface area contributed by atoms with E-state index in [0.717, 1.165) is 29.0 Å². The summed E-state index contributed by atoms with van der Waals surface area (Å²) < 4.78 is 0. The molecule has 90 valence electrons. The van der Waals surface area contributed by atoms with Crippen LogP contribution in [0.1, 0.15) is 37.1 Å². The molecular weight excluding hydrogens is 212 g/mol. The van der Waals surface area contributed by atoms with Crippen molar-refractivity contribution in [2.45, 2.75) is 34.1 Å². The van der Waals surface area contributed by atoms with Crippen molar-refractivity contribution in [2.75, 3.05) is 0 Å². The van der Waals surface area contributed by atoms with Crippen molar-refractivity contribution in [3.8, 4) is 0 Å². The second-order valence-corrected chi connectivity index (χ2v) is 4.48. The van der Waals surface area contributed by atoms with Crippen LogP contribution in [0.5, 0.6) is 0 Å². The standard InChI is InChI=1S/C14H18N2O/c1-5-11-10(4)14(17)16-13(11)6-12-9(3)8(2)7-15-12/h6-7,15H,5H2,1-4H3,(H,16,17)/b13-6-. The number of carbonyl (C=O) groups is 1. The Hall–Kier alpha value is -1.77. The molecule has 0 spiro atoms. The Balaban J connectivity index is 2.42. The van der Waals surface area contributed by atoms with Crippen LogP contribution in [0.25, 0.3) is 6.08 Å². The fraction of sp³-hybridized carbons (Fsp3) is 0.357. The van der Waals surface area contributed by atoms with Gasteiger partial charge in [-0.2, -0.15) is 0 Å². The molecule has 2 N–H and O–H groups in total. The molecule has 1 aromatic rings. The van der Waals surface area contributed by atoms with Gasteiger partial charge < -0.3 is 10.3 Å². The van der Waals surface area contributed by atoms with Gasteiger partial charge in [0.05, 0.1) is 0 Å². The van der Waals surface area contributed by atoms with E-state index in [0.29, 0.717) is 0 Å². The molecule has 1 amide bonds. The average molecular weight is 230 g/mol. The zero-order valence-corrected chi connectivity index (χ0v) is 10.8. The van der Waals surface area contributed by atoms with E-state index in [1.165, 1.54) is 11.1 Å². The topological polar surface area (TPSA) is 44.9 Å². The Morgan fingerprint density at radius 3 is 2.53 bits per heavy atom. The first-order valence-corrected chi connectivity index (χ1v) is 5.92. The van der Waals surface area contributed by atoms with E-state index in [-0.39, 0.29) is 5.91 Å². The van der Waals surface area contributed by atoms with Gasteiger partial charge in [0.1, 0.15) is 0 Å². The molecule has 0 saturated heterocycles. The summed E-state index contributed by atoms with van der Waals surface area (Å²) in [7, 11) is 0. The highest BCUT2D eigenvalue weighted by atomic mass is 16.1. The molecule has 2 heterocycles. The maximum Gasteiger partial charge on any atom is 0.251 e. The van der Waals surface area contributed by atoms with Crippen LogP contribution >= 0.6 is 0 Å². The van der Waals surface area contributed by atoms with Crippen molar-refractivity contribution < 1.29 is 4.79 Å². The van der Waals surface area contributed by atoms with E-state index < -0.39 is 0 Å². The maximum atomic E-state index is 11.6. The van der Waals surface area contributed by atoms with Crippen LogP contribution in [0.3, 0.4) is 0 Å². The number of aromatic amines is 1. The van der Waals surface area contributed by atoms with E-state index in [2.05, 4.69) is 31.1 Å². The van der Waals surface area contributed by atoms with Crippen LogP contribution in [0.15, 0.2) is 23.0 Å². The zero-order valence-electron chi connectivity index (χ0n) is 10.8. The number of hydrogen-bond acceptors (Lipinski definition) is 1. The molecule has 0 bridgehead atoms. The van der Waals surface area contributed by atoms with Crippen LogP contribution < -0.4 is 5.32 Å². The first-order valence-electron chi connectivity index (χ1n) is 5.92. The van der Waals surface area contributed by atoms with Gasteiger partial charge >= 0.3 is 0 Å². The summed E-state index contributed by atoms with van der Waals surface area (Å²) in [5.41, 5.74) is 6.41. The van der Waals surface area contributed by atoms with Crippen molar-refractivity contribution in [3.63, 3.8) is 0 Å². The van der Waals surface area contributed by atoms with E-state index in [1.54, 1.807) is 0 Å². The van der Waals surface area contributed by atoms with Crippen LogP contribution in [-0.2, 0) is 4.79 Å². The lowest BCUT2D eigenvalue weighted by atomic mass is 10.1. The molecule has 1 aliphatic heterocycles. The van der Waals surface area contributed by atoms with Gasteiger partial charge in [-0.1, -0.05) is 6.92 Å². The summed E-state index contributed by atoms with van der Waals surface area (Å²) in [5.74, 6) is 0.0223. The highest BCUT2D eigenvalue weighted by molar-refractivity contribution is 6.00. The fourth-order valence-corrected chi connectivity index (χ4v) is 2.12. The quantitative estimate of drug-likeness (QED) is 0.806. The lowest BCUT2D eigenvalue weighted by Gasteiger charge is -2.03. The number of amides is 1. The van der Waals surface area contributed by atoms with Crippen molar-refractivity contribution >= 4 is 12.0 Å². The van der Waals surface area contributed by atoms with Gasteiger partial charge in [0.25, 0.3) is 5.91 Å². The Morgan fingerprint density at radius 1 is 1.29 bits per heavy atom. The van der Waals surface area contributed by atoms with Crippen LogP contribution in [-0.4, -0.2) is 10.9 Å².